The van der Waals surface area contributed by atoms with E-state index in [0.29, 0.717) is 61.0 Å². The zero-order valence-electron chi connectivity index (χ0n) is 18.9. The minimum Gasteiger partial charge on any atom is -0.486 e. The molecule has 0 aliphatic carbocycles. The minimum absolute atomic E-state index is 0.0183. The minimum atomic E-state index is -0.562. The van der Waals surface area contributed by atoms with E-state index in [1.165, 1.54) is 0 Å². The SMILES string of the molecule is CC(=O)N1CCC2(CC1)CC(=O)c1cc(OCC(=O)NCc3ccc4c(c3)OCO4)ccc1O2. The number of carbonyl (C=O) groups excluding carboxylic acids is 3. The third kappa shape index (κ3) is 4.50. The van der Waals surface area contributed by atoms with Gasteiger partial charge in [0.15, 0.2) is 23.9 Å². The lowest BCUT2D eigenvalue weighted by Crippen LogP contribution is -2.51. The van der Waals surface area contributed by atoms with Crippen molar-refractivity contribution >= 4 is 17.6 Å². The van der Waals surface area contributed by atoms with Gasteiger partial charge in [-0.3, -0.25) is 14.4 Å². The van der Waals surface area contributed by atoms with E-state index < -0.39 is 5.60 Å². The van der Waals surface area contributed by atoms with Gasteiger partial charge >= 0.3 is 0 Å². The average Bonchev–Trinajstić information content (AvgIpc) is 3.30. The Balaban J connectivity index is 1.15. The monoisotopic (exact) mass is 466 g/mol. The Morgan fingerprint density at radius 3 is 2.62 bits per heavy atom. The number of amides is 2. The second kappa shape index (κ2) is 8.89. The maximum absolute atomic E-state index is 12.9. The van der Waals surface area contributed by atoms with E-state index in [4.69, 9.17) is 18.9 Å². The van der Waals surface area contributed by atoms with Gasteiger partial charge in [0.25, 0.3) is 5.91 Å². The third-order valence-corrected chi connectivity index (χ3v) is 6.48. The zero-order chi connectivity index (χ0) is 23.7. The molecule has 0 radical (unpaired) electrons. The van der Waals surface area contributed by atoms with Gasteiger partial charge in [0.2, 0.25) is 12.7 Å². The number of ether oxygens (including phenoxy) is 4. The molecule has 178 valence electrons. The summed E-state index contributed by atoms with van der Waals surface area (Å²) in [5.41, 5.74) is 0.780. The van der Waals surface area contributed by atoms with Crippen molar-refractivity contribution in [2.75, 3.05) is 26.5 Å². The average molecular weight is 466 g/mol. The molecule has 3 aliphatic heterocycles. The fourth-order valence-electron chi connectivity index (χ4n) is 4.52. The summed E-state index contributed by atoms with van der Waals surface area (Å²) >= 11 is 0. The Kier molecular flexibility index (Phi) is 5.77. The van der Waals surface area contributed by atoms with Crippen LogP contribution < -0.4 is 24.3 Å². The predicted molar refractivity (Wildman–Crippen MR) is 120 cm³/mol. The smallest absolute Gasteiger partial charge is 0.258 e. The highest BCUT2D eigenvalue weighted by Gasteiger charge is 2.43. The van der Waals surface area contributed by atoms with Gasteiger partial charge in [-0.25, -0.2) is 0 Å². The first-order valence-electron chi connectivity index (χ1n) is 11.3. The molecule has 2 amide bonds. The van der Waals surface area contributed by atoms with Gasteiger partial charge in [-0.15, -0.1) is 0 Å². The Bertz CT molecular complexity index is 1140. The van der Waals surface area contributed by atoms with Gasteiger partial charge in [-0.05, 0) is 35.9 Å². The first kappa shape index (κ1) is 22.1. The molecule has 2 aromatic carbocycles. The van der Waals surface area contributed by atoms with Crippen LogP contribution in [0.5, 0.6) is 23.0 Å². The molecular weight excluding hydrogens is 440 g/mol. The van der Waals surface area contributed by atoms with Crippen LogP contribution in [0.3, 0.4) is 0 Å². The summed E-state index contributed by atoms with van der Waals surface area (Å²) in [6.07, 6.45) is 1.52. The van der Waals surface area contributed by atoms with Crippen LogP contribution in [-0.4, -0.2) is 54.6 Å². The van der Waals surface area contributed by atoms with Crippen LogP contribution in [0, 0.1) is 0 Å². The largest absolute Gasteiger partial charge is 0.486 e. The highest BCUT2D eigenvalue weighted by atomic mass is 16.7. The Labute approximate surface area is 196 Å². The number of rotatable bonds is 5. The molecule has 5 rings (SSSR count). The van der Waals surface area contributed by atoms with Gasteiger partial charge < -0.3 is 29.2 Å². The summed E-state index contributed by atoms with van der Waals surface area (Å²) in [5, 5.41) is 2.80. The quantitative estimate of drug-likeness (QED) is 0.722. The van der Waals surface area contributed by atoms with Crippen molar-refractivity contribution in [1.82, 2.24) is 10.2 Å². The highest BCUT2D eigenvalue weighted by Crippen LogP contribution is 2.40. The molecule has 9 heteroatoms. The number of piperidine rings is 1. The van der Waals surface area contributed by atoms with Crippen molar-refractivity contribution in [2.45, 2.75) is 38.3 Å². The normalized spacial score (nSPS) is 17.7. The molecule has 0 aromatic heterocycles. The van der Waals surface area contributed by atoms with Crippen molar-refractivity contribution < 1.29 is 33.3 Å². The van der Waals surface area contributed by atoms with E-state index in [0.717, 1.165) is 5.56 Å². The van der Waals surface area contributed by atoms with E-state index >= 15 is 0 Å². The number of hydrogen-bond acceptors (Lipinski definition) is 7. The lowest BCUT2D eigenvalue weighted by atomic mass is 9.82. The topological polar surface area (TPSA) is 103 Å². The van der Waals surface area contributed by atoms with Crippen molar-refractivity contribution in [3.05, 3.63) is 47.5 Å². The molecule has 3 heterocycles. The number of ketones is 1. The molecule has 34 heavy (non-hydrogen) atoms. The number of benzene rings is 2. The van der Waals surface area contributed by atoms with Gasteiger partial charge in [-0.2, -0.15) is 0 Å². The number of nitrogens with one attached hydrogen (secondary N) is 1. The zero-order valence-corrected chi connectivity index (χ0v) is 18.9. The van der Waals surface area contributed by atoms with Crippen LogP contribution in [0.25, 0.3) is 0 Å². The van der Waals surface area contributed by atoms with Gasteiger partial charge in [0, 0.05) is 39.4 Å². The molecule has 0 bridgehead atoms. The van der Waals surface area contributed by atoms with Crippen molar-refractivity contribution in [3.63, 3.8) is 0 Å². The molecule has 3 aliphatic rings. The van der Waals surface area contributed by atoms with Crippen LogP contribution in [-0.2, 0) is 16.1 Å². The van der Waals surface area contributed by atoms with E-state index in [1.54, 1.807) is 30.0 Å². The second-order valence-electron chi connectivity index (χ2n) is 8.80. The molecule has 1 fully saturated rings. The molecule has 0 atom stereocenters. The Morgan fingerprint density at radius 1 is 1.06 bits per heavy atom. The summed E-state index contributed by atoms with van der Waals surface area (Å²) in [6, 6.07) is 10.5. The maximum atomic E-state index is 12.9. The van der Waals surface area contributed by atoms with Crippen LogP contribution in [0.4, 0.5) is 0 Å². The molecule has 0 unspecified atom stereocenters. The molecule has 1 spiro atoms. The molecular formula is C25H26N2O7. The lowest BCUT2D eigenvalue weighted by molar-refractivity contribution is -0.132. The Morgan fingerprint density at radius 2 is 1.82 bits per heavy atom. The number of fused-ring (bicyclic) bond motifs is 2. The predicted octanol–water partition coefficient (Wildman–Crippen LogP) is 2.46. The van der Waals surface area contributed by atoms with Crippen molar-refractivity contribution in [3.8, 4) is 23.0 Å². The van der Waals surface area contributed by atoms with Gasteiger partial charge in [-0.1, -0.05) is 6.07 Å². The van der Waals surface area contributed by atoms with Gasteiger partial charge in [0.05, 0.1) is 12.0 Å². The van der Waals surface area contributed by atoms with Crippen LogP contribution in [0.2, 0.25) is 0 Å². The van der Waals surface area contributed by atoms with E-state index in [-0.39, 0.29) is 37.4 Å². The summed E-state index contributed by atoms with van der Waals surface area (Å²) in [7, 11) is 0. The maximum Gasteiger partial charge on any atom is 0.258 e. The molecule has 1 saturated heterocycles. The lowest BCUT2D eigenvalue weighted by Gasteiger charge is -2.43. The molecule has 2 aromatic rings. The first-order valence-corrected chi connectivity index (χ1v) is 11.3. The molecule has 0 saturated carbocycles. The number of likely N-dealkylation sites (tertiary alicyclic amines) is 1. The molecule has 9 nitrogen and oxygen atoms in total. The summed E-state index contributed by atoms with van der Waals surface area (Å²) in [4.78, 5) is 38.5. The third-order valence-electron chi connectivity index (χ3n) is 6.48. The number of carbonyl (C=O) groups is 3. The van der Waals surface area contributed by atoms with E-state index in [2.05, 4.69) is 5.32 Å². The van der Waals surface area contributed by atoms with Crippen LogP contribution >= 0.6 is 0 Å². The van der Waals surface area contributed by atoms with E-state index in [9.17, 15) is 14.4 Å². The highest BCUT2D eigenvalue weighted by molar-refractivity contribution is 6.00. The van der Waals surface area contributed by atoms with Crippen LogP contribution in [0.15, 0.2) is 36.4 Å². The number of hydrogen-bond donors (Lipinski definition) is 1. The number of Topliss-reactive ketones (excluding diaryl/α,β-unsaturated/α-hetero) is 1. The Hall–Kier alpha value is -3.75. The summed E-state index contributed by atoms with van der Waals surface area (Å²) in [6.45, 7) is 3.08. The van der Waals surface area contributed by atoms with Crippen LogP contribution in [0.1, 0.15) is 42.1 Å². The summed E-state index contributed by atoms with van der Waals surface area (Å²) < 4.78 is 22.5. The standard InChI is InChI=1S/C25H26N2O7/c1-16(28)27-8-6-25(7-9-27)12-20(29)19-11-18(3-5-21(19)34-25)31-14-24(30)26-13-17-2-4-22-23(10-17)33-15-32-22/h2-5,10-11H,6-9,12-15H2,1H3,(H,26,30). The van der Waals surface area contributed by atoms with Gasteiger partial charge in [0.1, 0.15) is 17.1 Å². The second-order valence-corrected chi connectivity index (χ2v) is 8.80. The fourth-order valence-corrected chi connectivity index (χ4v) is 4.52. The molecule has 1 N–H and O–H groups in total. The fraction of sp³-hybridized carbons (Fsp3) is 0.400. The van der Waals surface area contributed by atoms with Crippen molar-refractivity contribution in [2.24, 2.45) is 0 Å². The first-order chi connectivity index (χ1) is 16.4. The van der Waals surface area contributed by atoms with Crippen molar-refractivity contribution in [1.29, 1.82) is 0 Å². The number of nitrogens with zero attached hydrogens (tertiary/aromatic N) is 1. The summed E-state index contributed by atoms with van der Waals surface area (Å²) in [5.74, 6) is 2.04. The van der Waals surface area contributed by atoms with E-state index in [1.807, 2.05) is 18.2 Å².